The molecule has 0 aliphatic carbocycles. The van der Waals surface area contributed by atoms with Crippen LogP contribution in [0.2, 0.25) is 0 Å². The maximum absolute atomic E-state index is 14.5. The third-order valence-electron chi connectivity index (χ3n) is 16.3. The molecule has 0 aromatic carbocycles. The van der Waals surface area contributed by atoms with Crippen LogP contribution in [0.15, 0.2) is 0 Å². The number of carbonyl (C=O) groups excluding carboxylic acids is 5. The highest BCUT2D eigenvalue weighted by atomic mass is 32.1. The molecule has 0 saturated carbocycles. The number of aliphatic hydroxyl groups is 15. The molecule has 0 radical (unpaired) electrons. The van der Waals surface area contributed by atoms with Gasteiger partial charge in [-0.15, -0.1) is 12.6 Å². The highest BCUT2D eigenvalue weighted by Crippen LogP contribution is 2.43. The third kappa shape index (κ3) is 15.3. The lowest BCUT2D eigenvalue weighted by Crippen LogP contribution is -2.63. The van der Waals surface area contributed by atoms with Gasteiger partial charge in [0, 0.05) is 64.8 Å². The van der Waals surface area contributed by atoms with Crippen molar-refractivity contribution < 1.29 is 156 Å². The molecule has 0 aromatic heterocycles. The number of nitrogens with one attached hydrogen (secondary N) is 5. The number of rotatable bonds is 12. The van der Waals surface area contributed by atoms with E-state index in [-0.39, 0.29) is 64.8 Å². The van der Waals surface area contributed by atoms with Gasteiger partial charge in [-0.1, -0.05) is 0 Å². The number of hydrogen-bond acceptors (Lipinski definition) is 32. The van der Waals surface area contributed by atoms with Gasteiger partial charge in [0.25, 0.3) is 11.3 Å². The van der Waals surface area contributed by atoms with Crippen molar-refractivity contribution in [1.29, 1.82) is 10.5 Å². The Morgan fingerprint density at radius 3 is 0.844 bits per heavy atom. The van der Waals surface area contributed by atoms with E-state index >= 15 is 0 Å². The van der Waals surface area contributed by atoms with Gasteiger partial charge in [0.15, 0.2) is 30.9 Å². The van der Waals surface area contributed by atoms with Gasteiger partial charge in [0.1, 0.15) is 92.1 Å². The second-order valence-electron chi connectivity index (χ2n) is 22.5. The van der Waals surface area contributed by atoms with E-state index in [0.29, 0.717) is 9.80 Å². The first-order chi connectivity index (χ1) is 44.9. The van der Waals surface area contributed by atoms with Gasteiger partial charge in [-0.05, 0) is 0 Å². The quantitative estimate of drug-likeness (QED) is 0.0284. The van der Waals surface area contributed by atoms with Crippen molar-refractivity contribution in [3.63, 3.8) is 0 Å². The predicted octanol–water partition coefficient (Wildman–Crippen LogP) is -10.1. The molecule has 0 aromatic rings. The molecule has 0 spiro atoms. The number of nitrogens with zero attached hydrogens (tertiary/aromatic N) is 9. The molecule has 10 amide bonds. The fourth-order valence-corrected chi connectivity index (χ4v) is 11.4. The summed E-state index contributed by atoms with van der Waals surface area (Å²) in [4.78, 5) is 81.4. The van der Waals surface area contributed by atoms with Crippen LogP contribution in [0.25, 0.3) is 0 Å². The molecule has 49 heteroatoms. The molecule has 10 aliphatic rings. The second kappa shape index (κ2) is 31.5. The summed E-state index contributed by atoms with van der Waals surface area (Å²) < 4.78 is 97.3. The first kappa shape index (κ1) is 78.3. The minimum absolute atomic E-state index is 0.0132. The Bertz CT molecular complexity index is 2730. The number of ether oxygens (including phenoxy) is 5. The van der Waals surface area contributed by atoms with Crippen molar-refractivity contribution >= 4 is 42.8 Å². The highest BCUT2D eigenvalue weighted by Gasteiger charge is 2.72. The summed E-state index contributed by atoms with van der Waals surface area (Å²) in [5, 5.41) is 187. The van der Waals surface area contributed by atoms with E-state index in [2.05, 4.69) is 39.2 Å². The number of halogens is 5. The van der Waals surface area contributed by atoms with Crippen molar-refractivity contribution in [1.82, 2.24) is 51.1 Å². The van der Waals surface area contributed by atoms with E-state index in [1.165, 1.54) is 12.1 Å². The van der Waals surface area contributed by atoms with Crippen LogP contribution >= 0.6 is 12.6 Å². The Kier molecular flexibility index (Phi) is 25.7. The molecule has 10 heterocycles. The molecule has 10 aliphatic heterocycles. The van der Waals surface area contributed by atoms with Gasteiger partial charge in [-0.25, -0.2) is 37.1 Å². The molecule has 10 saturated heterocycles. The topological polar surface area (TPSA) is 645 Å². The summed E-state index contributed by atoms with van der Waals surface area (Å²) in [5.41, 5.74) is -5.65. The summed E-state index contributed by atoms with van der Waals surface area (Å²) in [5.74, 6) is -6.90. The Morgan fingerprint density at radius 2 is 0.625 bits per heavy atom. The standard InChI is InChI=1S/2C10H14FN3O5.2C9H14FN3O7.C9H15FN2O5S/c2*11-10(4-12)7(17)5(3-15)19-8(10)14-2-1-6(16)13-9(14)18;2*10-9(13(18)19)6(16)4(3-14)20-7(9)12-2-1-5(15)11-8(12)17;10-9(18)6(15)4(3-13)17-7(9)12-2-1-5(14)11-8(12)16/h2*5-8,15-17H,1-3H2,(H,13,18);2*4-7,14-16H,1-3H2,(H,11,17);4-7,13-15,18H,1-3H2,(H,11,16)/t5-,6?,7-,8-,10+;5-,6?,7-,8-,10-;4-,5?,6-,7-,9+;4-,5?,6-,7-,9-;4-,5?,6-,7-,9+/m11111/s1. The largest absolute Gasteiger partial charge is 0.430 e. The Balaban J connectivity index is 0.000000190. The number of carbonyl (C=O) groups is 5. The van der Waals surface area contributed by atoms with Crippen molar-refractivity contribution in [2.45, 2.75) is 183 Å². The molecule has 10 rings (SSSR count). The Labute approximate surface area is 540 Å². The van der Waals surface area contributed by atoms with Crippen molar-refractivity contribution in [3.05, 3.63) is 20.2 Å². The van der Waals surface area contributed by atoms with E-state index in [9.17, 15) is 117 Å². The van der Waals surface area contributed by atoms with E-state index < -0.39 is 224 Å². The van der Waals surface area contributed by atoms with Gasteiger partial charge >= 0.3 is 41.7 Å². The van der Waals surface area contributed by atoms with Gasteiger partial charge in [0.2, 0.25) is 17.5 Å². The van der Waals surface area contributed by atoms with Gasteiger partial charge < -0.3 is 127 Å². The van der Waals surface area contributed by atoms with Crippen molar-refractivity contribution in [3.8, 4) is 12.1 Å². The molecule has 96 heavy (non-hydrogen) atoms. The minimum atomic E-state index is -3.45. The fourth-order valence-electron chi connectivity index (χ4n) is 11.0. The van der Waals surface area contributed by atoms with E-state index in [4.69, 9.17) is 59.7 Å². The average molecular weight is 1420 g/mol. The molecule has 544 valence electrons. The van der Waals surface area contributed by atoms with Crippen LogP contribution in [0.5, 0.6) is 0 Å². The zero-order valence-corrected chi connectivity index (χ0v) is 50.3. The van der Waals surface area contributed by atoms with Crippen LogP contribution in [-0.2, 0) is 23.7 Å². The summed E-state index contributed by atoms with van der Waals surface area (Å²) >= 11 is 3.69. The van der Waals surface area contributed by atoms with Crippen LogP contribution in [-0.4, -0.2) is 358 Å². The lowest BCUT2D eigenvalue weighted by atomic mass is 9.97. The van der Waals surface area contributed by atoms with Crippen LogP contribution in [0, 0.1) is 42.9 Å². The first-order valence-electron chi connectivity index (χ1n) is 28.7. The molecule has 10 fully saturated rings. The van der Waals surface area contributed by atoms with Crippen LogP contribution in [0.3, 0.4) is 0 Å². The molecule has 43 nitrogen and oxygen atoms in total. The normalized spacial score (nSPS) is 42.8. The maximum atomic E-state index is 14.5. The number of amides is 10. The zero-order valence-electron chi connectivity index (χ0n) is 49.4. The number of alkyl halides is 5. The maximum Gasteiger partial charge on any atom is 0.430 e. The molecule has 20 N–H and O–H groups in total. The Hall–Kier alpha value is -6.67. The average Bonchev–Trinajstić information content (AvgIpc) is 1.61. The van der Waals surface area contributed by atoms with Crippen molar-refractivity contribution in [2.24, 2.45) is 0 Å². The van der Waals surface area contributed by atoms with Gasteiger partial charge in [-0.3, -0.25) is 44.7 Å². The van der Waals surface area contributed by atoms with Crippen LogP contribution < -0.4 is 26.6 Å². The monoisotopic (exact) mass is 1420 g/mol. The van der Waals surface area contributed by atoms with E-state index in [1.54, 1.807) is 0 Å². The Morgan fingerprint density at radius 1 is 0.417 bits per heavy atom. The van der Waals surface area contributed by atoms with E-state index in [1.807, 2.05) is 0 Å². The zero-order chi connectivity index (χ0) is 72.1. The number of nitriles is 2. The molecule has 5 unspecified atom stereocenters. The summed E-state index contributed by atoms with van der Waals surface area (Å²) in [6.07, 6.45) is -30.0. The molecule has 0 bridgehead atoms. The lowest BCUT2D eigenvalue weighted by molar-refractivity contribution is -0.626. The number of hydrogen-bond donors (Lipinski definition) is 21. The summed E-state index contributed by atoms with van der Waals surface area (Å²) in [6.45, 7) is -4.00. The fraction of sp³-hybridized carbons (Fsp3) is 0.851. The second-order valence-corrected chi connectivity index (χ2v) is 23.2. The number of urea groups is 5. The molecular weight excluding hydrogens is 1350 g/mol. The number of thiol groups is 1. The molecule has 25 atom stereocenters. The lowest BCUT2D eigenvalue weighted by Gasteiger charge is -2.37. The number of aliphatic hydroxyl groups excluding tert-OH is 15. The molecular formula is C47H71F5N14O29S. The SMILES string of the molecule is N#C[C@@]1(F)[C@H](O)[C@@H](CO)O[C@H]1N1CCC(O)NC1=O.N#C[C@]1(F)[C@H](O)[C@@H](CO)O[C@H]1N1CCC(O)NC1=O.O=C1NC(O)CCN1[C@@H]1O[C@H](CO)[C@@H](O)[C@@]1(F)[N+](=O)[O-].O=C1NC(O)CCN1[C@@H]1O[C@H](CO)[C@@H](O)[C@]1(F)S.O=C1NC(O)CCN1[C@@H]1O[C@H](CO)[C@@H](O)[C@]1(F)[N+](=O)[O-]. The predicted molar refractivity (Wildman–Crippen MR) is 291 cm³/mol. The summed E-state index contributed by atoms with van der Waals surface area (Å²) in [7, 11) is 0. The third-order valence-corrected chi connectivity index (χ3v) is 16.8. The van der Waals surface area contributed by atoms with Gasteiger partial charge in [0.05, 0.1) is 42.9 Å². The van der Waals surface area contributed by atoms with Crippen molar-refractivity contribution in [2.75, 3.05) is 65.8 Å². The van der Waals surface area contributed by atoms with Gasteiger partial charge in [-0.2, -0.15) is 19.3 Å². The summed E-state index contributed by atoms with van der Waals surface area (Å²) in [6, 6.07) is -1.62. The smallest absolute Gasteiger partial charge is 0.394 e. The number of nitro groups is 2. The van der Waals surface area contributed by atoms with Crippen LogP contribution in [0.4, 0.5) is 45.9 Å². The highest BCUT2D eigenvalue weighted by molar-refractivity contribution is 7.81. The minimum Gasteiger partial charge on any atom is -0.394 e. The first-order valence-corrected chi connectivity index (χ1v) is 29.1. The van der Waals surface area contributed by atoms with Crippen LogP contribution in [0.1, 0.15) is 32.1 Å². The van der Waals surface area contributed by atoms with E-state index in [0.717, 1.165) is 14.7 Å².